The van der Waals surface area contributed by atoms with Gasteiger partial charge in [-0.2, -0.15) is 5.10 Å². The third-order valence-electron chi connectivity index (χ3n) is 5.88. The topological polar surface area (TPSA) is 92.4 Å². The van der Waals surface area contributed by atoms with E-state index in [0.29, 0.717) is 31.1 Å². The fraction of sp³-hybridized carbons (Fsp3) is 0.320. The molecule has 0 atom stereocenters. The van der Waals surface area contributed by atoms with E-state index in [0.717, 1.165) is 46.0 Å². The molecule has 4 aromatic rings. The summed E-state index contributed by atoms with van der Waals surface area (Å²) in [6.45, 7) is 6.73. The van der Waals surface area contributed by atoms with E-state index in [4.69, 9.17) is 14.2 Å². The highest BCUT2D eigenvalue weighted by Crippen LogP contribution is 2.31. The molecular weight excluding hydrogens is 434 g/mol. The lowest BCUT2D eigenvalue weighted by atomic mass is 10.1. The molecule has 1 aliphatic heterocycles. The SMILES string of the molecule is CCn1nc(COC(=O)Nc2ccc3c(c2)nc2n3CCOC2)cc1-c1ccc(C)cc1OC. The number of amides is 1. The van der Waals surface area contributed by atoms with Gasteiger partial charge in [-0.1, -0.05) is 6.07 Å². The highest BCUT2D eigenvalue weighted by molar-refractivity contribution is 5.89. The molecule has 2 aromatic carbocycles. The second-order valence-electron chi connectivity index (χ2n) is 8.18. The van der Waals surface area contributed by atoms with Gasteiger partial charge in [-0.25, -0.2) is 9.78 Å². The predicted molar refractivity (Wildman–Crippen MR) is 128 cm³/mol. The highest BCUT2D eigenvalue weighted by atomic mass is 16.5. The van der Waals surface area contributed by atoms with E-state index in [-0.39, 0.29) is 6.61 Å². The van der Waals surface area contributed by atoms with E-state index in [1.54, 1.807) is 7.11 Å². The fourth-order valence-electron chi connectivity index (χ4n) is 4.24. The number of imidazole rings is 1. The Kier molecular flexibility index (Phi) is 5.93. The molecule has 0 bridgehead atoms. The predicted octanol–water partition coefficient (Wildman–Crippen LogP) is 4.52. The smallest absolute Gasteiger partial charge is 0.412 e. The lowest BCUT2D eigenvalue weighted by Gasteiger charge is -2.14. The van der Waals surface area contributed by atoms with Gasteiger partial charge in [0.25, 0.3) is 0 Å². The van der Waals surface area contributed by atoms with Crippen molar-refractivity contribution in [2.45, 2.75) is 40.2 Å². The zero-order valence-electron chi connectivity index (χ0n) is 19.5. The first-order valence-corrected chi connectivity index (χ1v) is 11.3. The molecule has 0 aliphatic carbocycles. The van der Waals surface area contributed by atoms with Gasteiger partial charge in [0.15, 0.2) is 0 Å². The zero-order chi connectivity index (χ0) is 23.7. The maximum absolute atomic E-state index is 12.5. The molecule has 0 radical (unpaired) electrons. The average molecular weight is 462 g/mol. The second-order valence-corrected chi connectivity index (χ2v) is 8.18. The fourth-order valence-corrected chi connectivity index (χ4v) is 4.24. The van der Waals surface area contributed by atoms with Gasteiger partial charge in [-0.15, -0.1) is 0 Å². The minimum atomic E-state index is -0.549. The van der Waals surface area contributed by atoms with Crippen molar-refractivity contribution in [2.75, 3.05) is 19.0 Å². The minimum absolute atomic E-state index is 0.0539. The van der Waals surface area contributed by atoms with Crippen molar-refractivity contribution >= 4 is 22.8 Å². The van der Waals surface area contributed by atoms with Crippen molar-refractivity contribution in [1.29, 1.82) is 0 Å². The molecule has 9 nitrogen and oxygen atoms in total. The largest absolute Gasteiger partial charge is 0.496 e. The number of anilines is 1. The Hall–Kier alpha value is -3.85. The molecule has 0 saturated carbocycles. The first kappa shape index (κ1) is 22.0. The van der Waals surface area contributed by atoms with Crippen LogP contribution in [0.1, 0.15) is 24.0 Å². The van der Waals surface area contributed by atoms with Gasteiger partial charge >= 0.3 is 6.09 Å². The van der Waals surface area contributed by atoms with Crippen LogP contribution in [-0.4, -0.2) is 39.1 Å². The molecule has 2 aromatic heterocycles. The molecule has 1 aliphatic rings. The molecule has 1 N–H and O–H groups in total. The number of ether oxygens (including phenoxy) is 3. The quantitative estimate of drug-likeness (QED) is 0.454. The standard InChI is InChI=1S/C25H27N5O4/c1-4-30-22(19-7-5-16(2)11-23(19)32-3)13-18(28-30)14-34-25(31)26-17-6-8-21-20(12-17)27-24-15-33-10-9-29(21)24/h5-8,11-13H,4,9-10,14-15H2,1-3H3,(H,26,31). The minimum Gasteiger partial charge on any atom is -0.496 e. The molecule has 5 rings (SSSR count). The first-order chi connectivity index (χ1) is 16.6. The monoisotopic (exact) mass is 461 g/mol. The zero-order valence-corrected chi connectivity index (χ0v) is 19.5. The van der Waals surface area contributed by atoms with E-state index < -0.39 is 6.09 Å². The normalized spacial score (nSPS) is 13.0. The Labute approximate surface area is 197 Å². The molecule has 9 heteroatoms. The van der Waals surface area contributed by atoms with Gasteiger partial charge in [0, 0.05) is 24.3 Å². The molecule has 3 heterocycles. The van der Waals surface area contributed by atoms with Gasteiger partial charge in [0.05, 0.1) is 30.4 Å². The van der Waals surface area contributed by atoms with Crippen LogP contribution in [0.5, 0.6) is 5.75 Å². The summed E-state index contributed by atoms with van der Waals surface area (Å²) < 4.78 is 20.5. The van der Waals surface area contributed by atoms with Gasteiger partial charge in [-0.3, -0.25) is 10.00 Å². The number of nitrogens with zero attached hydrogens (tertiary/aromatic N) is 4. The summed E-state index contributed by atoms with van der Waals surface area (Å²) >= 11 is 0. The number of rotatable bonds is 6. The van der Waals surface area contributed by atoms with Gasteiger partial charge < -0.3 is 18.8 Å². The van der Waals surface area contributed by atoms with Crippen molar-refractivity contribution < 1.29 is 19.0 Å². The van der Waals surface area contributed by atoms with Crippen LogP contribution in [0.25, 0.3) is 22.3 Å². The summed E-state index contributed by atoms with van der Waals surface area (Å²) in [6.07, 6.45) is -0.549. The van der Waals surface area contributed by atoms with Gasteiger partial charge in [0.1, 0.15) is 30.5 Å². The molecular formula is C25H27N5O4. The van der Waals surface area contributed by atoms with Gasteiger partial charge in [0.2, 0.25) is 0 Å². The van der Waals surface area contributed by atoms with Crippen LogP contribution in [0.4, 0.5) is 10.5 Å². The Morgan fingerprint density at radius 1 is 1.21 bits per heavy atom. The number of fused-ring (bicyclic) bond motifs is 3. The van der Waals surface area contributed by atoms with E-state index in [1.165, 1.54) is 0 Å². The van der Waals surface area contributed by atoms with Crippen LogP contribution >= 0.6 is 0 Å². The molecule has 34 heavy (non-hydrogen) atoms. The Bertz CT molecular complexity index is 1360. The number of carbonyl (C=O) groups excluding carboxylic acids is 1. The third kappa shape index (κ3) is 4.22. The molecule has 0 saturated heterocycles. The number of benzene rings is 2. The summed E-state index contributed by atoms with van der Waals surface area (Å²) in [5, 5.41) is 7.37. The number of hydrogen-bond acceptors (Lipinski definition) is 6. The highest BCUT2D eigenvalue weighted by Gasteiger charge is 2.17. The second kappa shape index (κ2) is 9.18. The Balaban J connectivity index is 1.28. The number of aromatic nitrogens is 4. The van der Waals surface area contributed by atoms with E-state index in [1.807, 2.05) is 61.0 Å². The third-order valence-corrected chi connectivity index (χ3v) is 5.88. The van der Waals surface area contributed by atoms with Crippen molar-refractivity contribution in [2.24, 2.45) is 0 Å². The average Bonchev–Trinajstić information content (AvgIpc) is 3.43. The van der Waals surface area contributed by atoms with Gasteiger partial charge in [-0.05, 0) is 55.8 Å². The summed E-state index contributed by atoms with van der Waals surface area (Å²) in [7, 11) is 1.66. The van der Waals surface area contributed by atoms with Crippen LogP contribution in [0.2, 0.25) is 0 Å². The summed E-state index contributed by atoms with van der Waals surface area (Å²) in [6, 6.07) is 13.6. The molecule has 1 amide bonds. The molecule has 0 unspecified atom stereocenters. The van der Waals surface area contributed by atoms with Crippen LogP contribution in [0.15, 0.2) is 42.5 Å². The maximum Gasteiger partial charge on any atom is 0.412 e. The summed E-state index contributed by atoms with van der Waals surface area (Å²) in [4.78, 5) is 17.1. The van der Waals surface area contributed by atoms with E-state index in [2.05, 4.69) is 20.0 Å². The van der Waals surface area contributed by atoms with E-state index >= 15 is 0 Å². The van der Waals surface area contributed by atoms with E-state index in [9.17, 15) is 4.79 Å². The van der Waals surface area contributed by atoms with Crippen molar-refractivity contribution in [3.63, 3.8) is 0 Å². The number of carbonyl (C=O) groups is 1. The van der Waals surface area contributed by atoms with Crippen molar-refractivity contribution in [3.8, 4) is 17.0 Å². The Morgan fingerprint density at radius 2 is 2.09 bits per heavy atom. The van der Waals surface area contributed by atoms with Crippen molar-refractivity contribution in [3.05, 3.63) is 59.5 Å². The summed E-state index contributed by atoms with van der Waals surface area (Å²) in [5.41, 5.74) is 6.10. The number of hydrogen-bond donors (Lipinski definition) is 1. The van der Waals surface area contributed by atoms with Crippen LogP contribution in [-0.2, 0) is 35.8 Å². The van der Waals surface area contributed by atoms with Crippen LogP contribution in [0, 0.1) is 6.92 Å². The molecule has 0 spiro atoms. The Morgan fingerprint density at radius 3 is 2.91 bits per heavy atom. The van der Waals surface area contributed by atoms with Crippen molar-refractivity contribution in [1.82, 2.24) is 19.3 Å². The number of nitrogens with one attached hydrogen (secondary N) is 1. The summed E-state index contributed by atoms with van der Waals surface area (Å²) in [5.74, 6) is 1.68. The number of aryl methyl sites for hydroxylation is 2. The first-order valence-electron chi connectivity index (χ1n) is 11.3. The lowest BCUT2D eigenvalue weighted by Crippen LogP contribution is -2.16. The maximum atomic E-state index is 12.5. The lowest BCUT2D eigenvalue weighted by molar-refractivity contribution is 0.0830. The van der Waals surface area contributed by atoms with Crippen LogP contribution in [0.3, 0.4) is 0 Å². The molecule has 0 fully saturated rings. The number of methoxy groups -OCH3 is 1. The van der Waals surface area contributed by atoms with Crippen LogP contribution < -0.4 is 10.1 Å². The molecule has 176 valence electrons.